The normalized spacial score (nSPS) is 11.0. The van der Waals surface area contributed by atoms with Crippen molar-refractivity contribution < 1.29 is 24.5 Å². The van der Waals surface area contributed by atoms with Crippen molar-refractivity contribution in [3.05, 3.63) is 47.5 Å². The zero-order valence-electron chi connectivity index (χ0n) is 10.1. The molecule has 0 saturated carbocycles. The molecule has 3 rings (SSSR count). The number of para-hydroxylation sites is 2. The second-order valence-electron chi connectivity index (χ2n) is 4.20. The minimum absolute atomic E-state index is 0. The average molecular weight is 295 g/mol. The van der Waals surface area contributed by atoms with Crippen LogP contribution in [0.5, 0.6) is 11.5 Å². The Balaban J connectivity index is 0.00000161. The van der Waals surface area contributed by atoms with E-state index >= 15 is 0 Å². The summed E-state index contributed by atoms with van der Waals surface area (Å²) in [6, 6.07) is 9.31. The van der Waals surface area contributed by atoms with E-state index < -0.39 is 11.9 Å². The van der Waals surface area contributed by atoms with Crippen molar-refractivity contribution in [3.63, 3.8) is 0 Å². The molecule has 1 aliphatic heterocycles. The Morgan fingerprint density at radius 3 is 1.67 bits per heavy atom. The molecule has 0 aromatic heterocycles. The van der Waals surface area contributed by atoms with Crippen LogP contribution in [-0.4, -0.2) is 51.7 Å². The van der Waals surface area contributed by atoms with Gasteiger partial charge in [0.1, 0.15) is 11.1 Å². The van der Waals surface area contributed by atoms with Gasteiger partial charge < -0.3 is 20.3 Å². The first-order valence-electron chi connectivity index (χ1n) is 5.75. The Bertz CT molecular complexity index is 683. The molecule has 0 fully saturated rings. The van der Waals surface area contributed by atoms with Crippen LogP contribution in [0.25, 0.3) is 0 Å². The number of rotatable bonds is 2. The van der Waals surface area contributed by atoms with Crippen LogP contribution in [0, 0.1) is 0 Å². The van der Waals surface area contributed by atoms with E-state index in [2.05, 4.69) is 5.32 Å². The van der Waals surface area contributed by atoms with Crippen LogP contribution in [0.3, 0.4) is 0 Å². The van der Waals surface area contributed by atoms with Gasteiger partial charge in [0.2, 0.25) is 0 Å². The van der Waals surface area contributed by atoms with E-state index in [1.165, 1.54) is 12.1 Å². The standard InChI is InChI=1S/C14H9NO5.Na.H/c16-13(17)7-3-1-5-9-11(7)20-12-8(14(18)19)4-2-6-10(12)15-9;;/h1-6,15H,(H,16,17)(H,18,19);;. The number of nitrogens with one attached hydrogen (secondary N) is 1. The number of ether oxygens (including phenoxy) is 1. The van der Waals surface area contributed by atoms with Gasteiger partial charge in [-0.3, -0.25) is 0 Å². The summed E-state index contributed by atoms with van der Waals surface area (Å²) in [6.45, 7) is 0. The van der Waals surface area contributed by atoms with Gasteiger partial charge in [-0.1, -0.05) is 12.1 Å². The molecule has 6 nitrogen and oxygen atoms in total. The molecule has 0 bridgehead atoms. The van der Waals surface area contributed by atoms with E-state index in [1.54, 1.807) is 24.3 Å². The summed E-state index contributed by atoms with van der Waals surface area (Å²) in [5.74, 6) is -2.05. The Morgan fingerprint density at radius 1 is 0.857 bits per heavy atom. The molecule has 2 aromatic rings. The summed E-state index contributed by atoms with van der Waals surface area (Å²) < 4.78 is 5.54. The Labute approximate surface area is 141 Å². The summed E-state index contributed by atoms with van der Waals surface area (Å²) in [5.41, 5.74) is 0.918. The van der Waals surface area contributed by atoms with Crippen molar-refractivity contribution in [2.45, 2.75) is 0 Å². The predicted octanol–water partition coefficient (Wildman–Crippen LogP) is 2.28. The molecule has 0 amide bonds. The van der Waals surface area contributed by atoms with Crippen LogP contribution < -0.4 is 10.1 Å². The van der Waals surface area contributed by atoms with E-state index in [4.69, 9.17) is 14.9 Å². The van der Waals surface area contributed by atoms with Gasteiger partial charge in [-0.15, -0.1) is 0 Å². The number of aromatic carboxylic acids is 2. The average Bonchev–Trinajstić information content (AvgIpc) is 2.43. The molecular formula is C14H10NNaO5. The third kappa shape index (κ3) is 2.61. The third-order valence-corrected chi connectivity index (χ3v) is 2.96. The molecule has 102 valence electrons. The molecule has 1 heterocycles. The van der Waals surface area contributed by atoms with Crippen molar-refractivity contribution in [1.82, 2.24) is 0 Å². The molecule has 1 aliphatic rings. The summed E-state index contributed by atoms with van der Waals surface area (Å²) in [4.78, 5) is 22.4. The van der Waals surface area contributed by atoms with Crippen LogP contribution in [-0.2, 0) is 0 Å². The van der Waals surface area contributed by atoms with E-state index in [-0.39, 0.29) is 52.2 Å². The molecular weight excluding hydrogens is 285 g/mol. The number of benzene rings is 2. The molecule has 0 radical (unpaired) electrons. The molecule has 7 heteroatoms. The quantitative estimate of drug-likeness (QED) is 0.628. The Hall–Kier alpha value is -2.02. The van der Waals surface area contributed by atoms with Crippen molar-refractivity contribution >= 4 is 52.9 Å². The number of carboxylic acids is 2. The molecule has 0 spiro atoms. The van der Waals surface area contributed by atoms with Gasteiger partial charge in [-0.25, -0.2) is 9.59 Å². The Kier molecular flexibility index (Phi) is 4.22. The summed E-state index contributed by atoms with van der Waals surface area (Å²) in [6.07, 6.45) is 0. The van der Waals surface area contributed by atoms with Gasteiger partial charge >= 0.3 is 41.5 Å². The number of anilines is 2. The predicted molar refractivity (Wildman–Crippen MR) is 77.3 cm³/mol. The first-order valence-corrected chi connectivity index (χ1v) is 5.75. The van der Waals surface area contributed by atoms with Crippen LogP contribution in [0.2, 0.25) is 0 Å². The van der Waals surface area contributed by atoms with Gasteiger partial charge in [0, 0.05) is 0 Å². The van der Waals surface area contributed by atoms with E-state index in [0.29, 0.717) is 11.4 Å². The molecule has 0 unspecified atom stereocenters. The summed E-state index contributed by atoms with van der Waals surface area (Å²) >= 11 is 0. The van der Waals surface area contributed by atoms with E-state index in [0.717, 1.165) is 0 Å². The fraction of sp³-hybridized carbons (Fsp3) is 0. The second-order valence-corrected chi connectivity index (χ2v) is 4.20. The fourth-order valence-electron chi connectivity index (χ4n) is 2.07. The first-order chi connectivity index (χ1) is 9.58. The Morgan fingerprint density at radius 2 is 1.29 bits per heavy atom. The van der Waals surface area contributed by atoms with Gasteiger partial charge in [0.05, 0.1) is 11.4 Å². The van der Waals surface area contributed by atoms with Gasteiger partial charge in [0.25, 0.3) is 0 Å². The van der Waals surface area contributed by atoms with Crippen molar-refractivity contribution in [3.8, 4) is 11.5 Å². The maximum absolute atomic E-state index is 11.2. The summed E-state index contributed by atoms with van der Waals surface area (Å²) in [5, 5.41) is 21.3. The van der Waals surface area contributed by atoms with Gasteiger partial charge in [0.15, 0.2) is 11.5 Å². The fourth-order valence-corrected chi connectivity index (χ4v) is 2.07. The number of hydrogen-bond acceptors (Lipinski definition) is 4. The monoisotopic (exact) mass is 295 g/mol. The van der Waals surface area contributed by atoms with E-state index in [1.807, 2.05) is 0 Å². The third-order valence-electron chi connectivity index (χ3n) is 2.96. The molecule has 2 aromatic carbocycles. The second kappa shape index (κ2) is 5.77. The van der Waals surface area contributed by atoms with Crippen molar-refractivity contribution in [2.24, 2.45) is 0 Å². The number of carboxylic acid groups (broad SMARTS) is 2. The molecule has 3 N–H and O–H groups in total. The topological polar surface area (TPSA) is 95.9 Å². The molecule has 0 atom stereocenters. The molecule has 0 aliphatic carbocycles. The molecule has 0 saturated heterocycles. The zero-order chi connectivity index (χ0) is 14.3. The summed E-state index contributed by atoms with van der Waals surface area (Å²) in [7, 11) is 0. The first kappa shape index (κ1) is 15.4. The maximum atomic E-state index is 11.2. The van der Waals surface area contributed by atoms with Gasteiger partial charge in [-0.2, -0.15) is 0 Å². The van der Waals surface area contributed by atoms with Gasteiger partial charge in [-0.05, 0) is 24.3 Å². The minimum atomic E-state index is -1.14. The van der Waals surface area contributed by atoms with Crippen molar-refractivity contribution in [2.75, 3.05) is 5.32 Å². The number of fused-ring (bicyclic) bond motifs is 2. The van der Waals surface area contributed by atoms with Crippen LogP contribution in [0.4, 0.5) is 11.4 Å². The van der Waals surface area contributed by atoms with Crippen LogP contribution in [0.1, 0.15) is 20.7 Å². The zero-order valence-corrected chi connectivity index (χ0v) is 10.1. The number of hydrogen-bond donors (Lipinski definition) is 3. The van der Waals surface area contributed by atoms with Crippen LogP contribution >= 0.6 is 0 Å². The number of carbonyl (C=O) groups is 2. The molecule has 21 heavy (non-hydrogen) atoms. The SMILES string of the molecule is O=C(O)c1cccc2c1Oc1c(cccc1C(=O)O)N2.[NaH]. The van der Waals surface area contributed by atoms with Crippen molar-refractivity contribution in [1.29, 1.82) is 0 Å². The van der Waals surface area contributed by atoms with E-state index in [9.17, 15) is 9.59 Å². The van der Waals surface area contributed by atoms with Crippen LogP contribution in [0.15, 0.2) is 36.4 Å².